The van der Waals surface area contributed by atoms with Gasteiger partial charge in [0.2, 0.25) is 0 Å². The highest BCUT2D eigenvalue weighted by Crippen LogP contribution is 2.06. The fraction of sp³-hybridized carbons (Fsp3) is 0.542. The van der Waals surface area contributed by atoms with Gasteiger partial charge < -0.3 is 4.74 Å². The standard InChI is InChI=1S/C24H38O2/c1-3-4-5-6-7-8-9-10-11-12-13-14-15-16-17-18-19-20-21-22-23-24(25)26-2/h4-5,7-8,10-11,13-14,16-17H,3,6,9,12,15,18-23H2,1-2H3. The van der Waals surface area contributed by atoms with Gasteiger partial charge in [0.05, 0.1) is 7.11 Å². The zero-order valence-electron chi connectivity index (χ0n) is 16.9. The average molecular weight is 359 g/mol. The Kier molecular flexibility index (Phi) is 19.7. The zero-order valence-corrected chi connectivity index (χ0v) is 16.9. The molecule has 26 heavy (non-hydrogen) atoms. The molecular formula is C24H38O2. The van der Waals surface area contributed by atoms with Crippen LogP contribution in [0.2, 0.25) is 0 Å². The van der Waals surface area contributed by atoms with E-state index in [1.54, 1.807) is 0 Å². The molecule has 0 saturated carbocycles. The molecule has 0 aliphatic rings. The molecule has 0 rings (SSSR count). The van der Waals surface area contributed by atoms with E-state index in [4.69, 9.17) is 0 Å². The van der Waals surface area contributed by atoms with E-state index in [0.717, 1.165) is 51.4 Å². The number of allylic oxidation sites excluding steroid dienone is 10. The van der Waals surface area contributed by atoms with Crippen molar-refractivity contribution < 1.29 is 9.53 Å². The number of hydrogen-bond donors (Lipinski definition) is 0. The van der Waals surface area contributed by atoms with E-state index in [1.165, 1.54) is 20.0 Å². The van der Waals surface area contributed by atoms with Crippen molar-refractivity contribution >= 4 is 5.97 Å². The molecule has 0 heterocycles. The SMILES string of the molecule is CCC=CCC=CCC=CCC=CCC=CCCCCCCC(=O)OC. The van der Waals surface area contributed by atoms with Gasteiger partial charge in [0.1, 0.15) is 0 Å². The van der Waals surface area contributed by atoms with Crippen molar-refractivity contribution in [2.45, 2.75) is 77.6 Å². The quantitative estimate of drug-likeness (QED) is 0.165. The average Bonchev–Trinajstić information content (AvgIpc) is 2.66. The summed E-state index contributed by atoms with van der Waals surface area (Å²) in [4.78, 5) is 11.0. The van der Waals surface area contributed by atoms with Crippen LogP contribution >= 0.6 is 0 Å². The van der Waals surface area contributed by atoms with Gasteiger partial charge in [-0.15, -0.1) is 0 Å². The lowest BCUT2D eigenvalue weighted by molar-refractivity contribution is -0.140. The van der Waals surface area contributed by atoms with E-state index >= 15 is 0 Å². The Morgan fingerprint density at radius 1 is 0.654 bits per heavy atom. The predicted octanol–water partition coefficient (Wildman–Crippen LogP) is 7.25. The number of unbranched alkanes of at least 4 members (excludes halogenated alkanes) is 4. The molecule has 0 aromatic carbocycles. The summed E-state index contributed by atoms with van der Waals surface area (Å²) in [5.74, 6) is -0.0946. The third-order valence-corrected chi connectivity index (χ3v) is 3.89. The molecule has 0 radical (unpaired) electrons. The number of esters is 1. The smallest absolute Gasteiger partial charge is 0.305 e. The minimum atomic E-state index is -0.0946. The van der Waals surface area contributed by atoms with Crippen LogP contribution in [-0.4, -0.2) is 13.1 Å². The molecule has 0 fully saturated rings. The van der Waals surface area contributed by atoms with Crippen molar-refractivity contribution in [3.05, 3.63) is 60.8 Å². The van der Waals surface area contributed by atoms with E-state index in [2.05, 4.69) is 72.4 Å². The summed E-state index contributed by atoms with van der Waals surface area (Å²) in [6, 6.07) is 0. The summed E-state index contributed by atoms with van der Waals surface area (Å²) in [7, 11) is 1.45. The first-order chi connectivity index (χ1) is 12.8. The number of hydrogen-bond acceptors (Lipinski definition) is 2. The van der Waals surface area contributed by atoms with E-state index < -0.39 is 0 Å². The summed E-state index contributed by atoms with van der Waals surface area (Å²) in [6.45, 7) is 2.16. The summed E-state index contributed by atoms with van der Waals surface area (Å²) in [5.41, 5.74) is 0. The van der Waals surface area contributed by atoms with Crippen LogP contribution in [0, 0.1) is 0 Å². The Hall–Kier alpha value is -1.83. The van der Waals surface area contributed by atoms with Crippen LogP contribution in [0.3, 0.4) is 0 Å². The molecule has 0 atom stereocenters. The molecule has 0 bridgehead atoms. The molecule has 146 valence electrons. The van der Waals surface area contributed by atoms with Crippen molar-refractivity contribution in [1.82, 2.24) is 0 Å². The van der Waals surface area contributed by atoms with E-state index in [0.29, 0.717) is 6.42 Å². The predicted molar refractivity (Wildman–Crippen MR) is 114 cm³/mol. The molecule has 0 saturated heterocycles. The van der Waals surface area contributed by atoms with Crippen LogP contribution < -0.4 is 0 Å². The fourth-order valence-corrected chi connectivity index (χ4v) is 2.36. The Balaban J connectivity index is 3.41. The molecular weight excluding hydrogens is 320 g/mol. The molecule has 0 amide bonds. The second-order valence-corrected chi connectivity index (χ2v) is 6.24. The van der Waals surface area contributed by atoms with Gasteiger partial charge in [-0.05, 0) is 51.4 Å². The zero-order chi connectivity index (χ0) is 19.1. The molecule has 0 aromatic heterocycles. The first kappa shape index (κ1) is 24.2. The van der Waals surface area contributed by atoms with Crippen molar-refractivity contribution in [1.29, 1.82) is 0 Å². The van der Waals surface area contributed by atoms with Gasteiger partial charge in [-0.25, -0.2) is 0 Å². The Morgan fingerprint density at radius 3 is 1.62 bits per heavy atom. The highest BCUT2D eigenvalue weighted by atomic mass is 16.5. The molecule has 0 aliphatic heterocycles. The molecule has 2 heteroatoms. The topological polar surface area (TPSA) is 26.3 Å². The van der Waals surface area contributed by atoms with Crippen molar-refractivity contribution in [3.63, 3.8) is 0 Å². The van der Waals surface area contributed by atoms with Crippen LogP contribution in [0.15, 0.2) is 60.8 Å². The largest absolute Gasteiger partial charge is 0.469 e. The van der Waals surface area contributed by atoms with Crippen molar-refractivity contribution in [2.24, 2.45) is 0 Å². The first-order valence-corrected chi connectivity index (χ1v) is 10.1. The van der Waals surface area contributed by atoms with Gasteiger partial charge in [0, 0.05) is 6.42 Å². The van der Waals surface area contributed by atoms with Crippen LogP contribution in [0.5, 0.6) is 0 Å². The summed E-state index contributed by atoms with van der Waals surface area (Å²) in [5, 5.41) is 0. The lowest BCUT2D eigenvalue weighted by atomic mass is 10.1. The molecule has 0 unspecified atom stereocenters. The Morgan fingerprint density at radius 2 is 1.12 bits per heavy atom. The number of carbonyl (C=O) groups is 1. The number of rotatable bonds is 16. The maximum atomic E-state index is 11.0. The lowest BCUT2D eigenvalue weighted by Gasteiger charge is -1.99. The van der Waals surface area contributed by atoms with Crippen molar-refractivity contribution in [3.8, 4) is 0 Å². The number of methoxy groups -OCH3 is 1. The highest BCUT2D eigenvalue weighted by molar-refractivity contribution is 5.68. The fourth-order valence-electron chi connectivity index (χ4n) is 2.36. The summed E-state index contributed by atoms with van der Waals surface area (Å²) >= 11 is 0. The van der Waals surface area contributed by atoms with Gasteiger partial charge in [-0.1, -0.05) is 80.5 Å². The monoisotopic (exact) mass is 358 g/mol. The van der Waals surface area contributed by atoms with Crippen LogP contribution in [-0.2, 0) is 9.53 Å². The van der Waals surface area contributed by atoms with Crippen LogP contribution in [0.4, 0.5) is 0 Å². The number of ether oxygens (including phenoxy) is 1. The maximum absolute atomic E-state index is 11.0. The third-order valence-electron chi connectivity index (χ3n) is 3.89. The minimum absolute atomic E-state index is 0.0946. The molecule has 2 nitrogen and oxygen atoms in total. The van der Waals surface area contributed by atoms with E-state index in [9.17, 15) is 4.79 Å². The highest BCUT2D eigenvalue weighted by Gasteiger charge is 1.98. The van der Waals surface area contributed by atoms with Crippen LogP contribution in [0.25, 0.3) is 0 Å². The van der Waals surface area contributed by atoms with E-state index in [-0.39, 0.29) is 5.97 Å². The van der Waals surface area contributed by atoms with Gasteiger partial charge >= 0.3 is 5.97 Å². The van der Waals surface area contributed by atoms with Gasteiger partial charge in [0.25, 0.3) is 0 Å². The minimum Gasteiger partial charge on any atom is -0.469 e. The Labute approximate surface area is 161 Å². The Bertz CT molecular complexity index is 453. The second-order valence-electron chi connectivity index (χ2n) is 6.24. The molecule has 0 spiro atoms. The van der Waals surface area contributed by atoms with Gasteiger partial charge in [-0.3, -0.25) is 4.79 Å². The third kappa shape index (κ3) is 20.2. The molecule has 0 N–H and O–H groups in total. The normalized spacial score (nSPS) is 12.5. The van der Waals surface area contributed by atoms with Gasteiger partial charge in [-0.2, -0.15) is 0 Å². The number of carbonyl (C=O) groups excluding carboxylic acids is 1. The van der Waals surface area contributed by atoms with Gasteiger partial charge in [0.15, 0.2) is 0 Å². The second kappa shape index (κ2) is 21.2. The lowest BCUT2D eigenvalue weighted by Crippen LogP contribution is -1.98. The molecule has 0 aliphatic carbocycles. The summed E-state index contributed by atoms with van der Waals surface area (Å²) in [6.07, 6.45) is 33.6. The summed E-state index contributed by atoms with van der Waals surface area (Å²) < 4.78 is 4.62. The van der Waals surface area contributed by atoms with E-state index in [1.807, 2.05) is 0 Å². The van der Waals surface area contributed by atoms with Crippen LogP contribution in [0.1, 0.15) is 77.6 Å². The maximum Gasteiger partial charge on any atom is 0.305 e. The first-order valence-electron chi connectivity index (χ1n) is 10.1. The molecule has 0 aromatic rings. The van der Waals surface area contributed by atoms with Crippen molar-refractivity contribution in [2.75, 3.05) is 7.11 Å².